The van der Waals surface area contributed by atoms with Gasteiger partial charge in [0.1, 0.15) is 16.7 Å². The lowest BCUT2D eigenvalue weighted by molar-refractivity contribution is 0.224. The van der Waals surface area contributed by atoms with Crippen LogP contribution in [0.3, 0.4) is 0 Å². The van der Waals surface area contributed by atoms with Gasteiger partial charge in [0.25, 0.3) is 0 Å². The summed E-state index contributed by atoms with van der Waals surface area (Å²) in [6.07, 6.45) is 6.66. The third-order valence-electron chi connectivity index (χ3n) is 3.67. The van der Waals surface area contributed by atoms with E-state index in [-0.39, 0.29) is 11.8 Å². The average molecular weight is 322 g/mol. The highest BCUT2D eigenvalue weighted by Gasteiger charge is 2.14. The highest BCUT2D eigenvalue weighted by molar-refractivity contribution is 7.98. The van der Waals surface area contributed by atoms with Crippen molar-refractivity contribution in [2.24, 2.45) is 0 Å². The Morgan fingerprint density at radius 2 is 2.23 bits per heavy atom. The minimum atomic E-state index is -0.325. The summed E-state index contributed by atoms with van der Waals surface area (Å²) in [7, 11) is 0. The molecule has 120 valence electrons. The molecule has 0 saturated carbocycles. The number of nitrogens with zero attached hydrogens (tertiary/aromatic N) is 3. The molecule has 2 heterocycles. The van der Waals surface area contributed by atoms with Crippen molar-refractivity contribution < 1.29 is 4.79 Å². The van der Waals surface area contributed by atoms with Crippen LogP contribution in [0.2, 0.25) is 0 Å². The summed E-state index contributed by atoms with van der Waals surface area (Å²) in [5.41, 5.74) is 0.371. The van der Waals surface area contributed by atoms with Crippen molar-refractivity contribution in [1.29, 1.82) is 5.26 Å². The monoisotopic (exact) mass is 322 g/mol. The molecule has 3 N–H and O–H groups in total. The van der Waals surface area contributed by atoms with Crippen LogP contribution >= 0.6 is 11.8 Å². The van der Waals surface area contributed by atoms with Gasteiger partial charge >= 0.3 is 6.03 Å². The summed E-state index contributed by atoms with van der Waals surface area (Å²) in [5.74, 6) is 0.278. The van der Waals surface area contributed by atoms with Gasteiger partial charge in [0.05, 0.1) is 0 Å². The van der Waals surface area contributed by atoms with Crippen LogP contribution in [0, 0.1) is 11.3 Å². The highest BCUT2D eigenvalue weighted by atomic mass is 32.2. The minimum Gasteiger partial charge on any atom is -0.338 e. The van der Waals surface area contributed by atoms with Crippen molar-refractivity contribution >= 4 is 23.6 Å². The van der Waals surface area contributed by atoms with Gasteiger partial charge in [0.15, 0.2) is 5.82 Å². The Hall–Kier alpha value is -1.72. The number of carbonyl (C=O) groups excluding carboxylic acids is 1. The lowest BCUT2D eigenvalue weighted by Gasteiger charge is -2.26. The number of aromatic nitrogens is 2. The van der Waals surface area contributed by atoms with E-state index in [9.17, 15) is 4.79 Å². The summed E-state index contributed by atoms with van der Waals surface area (Å²) >= 11 is 1.39. The topological polar surface area (TPSA) is 96.8 Å². The van der Waals surface area contributed by atoms with Crippen molar-refractivity contribution in [3.05, 3.63) is 5.56 Å². The molecule has 2 rings (SSSR count). The van der Waals surface area contributed by atoms with Crippen molar-refractivity contribution in [3.8, 4) is 6.07 Å². The van der Waals surface area contributed by atoms with Crippen LogP contribution in [0.25, 0.3) is 0 Å². The molecule has 2 amide bonds. The van der Waals surface area contributed by atoms with Gasteiger partial charge in [-0.2, -0.15) is 10.4 Å². The number of likely N-dealkylation sites (tertiary alicyclic amines) is 1. The summed E-state index contributed by atoms with van der Waals surface area (Å²) in [4.78, 5) is 14.3. The number of H-pyrrole nitrogens is 1. The molecule has 1 fully saturated rings. The molecular weight excluding hydrogens is 300 g/mol. The molecule has 22 heavy (non-hydrogen) atoms. The molecule has 1 saturated heterocycles. The van der Waals surface area contributed by atoms with E-state index in [0.29, 0.717) is 17.1 Å². The van der Waals surface area contributed by atoms with Gasteiger partial charge in [-0.25, -0.2) is 4.79 Å². The molecule has 1 aliphatic heterocycles. The predicted molar refractivity (Wildman–Crippen MR) is 87.0 cm³/mol. The minimum absolute atomic E-state index is 0.278. The van der Waals surface area contributed by atoms with Crippen molar-refractivity contribution in [2.75, 3.05) is 37.8 Å². The molecule has 0 spiro atoms. The third kappa shape index (κ3) is 4.64. The molecule has 1 aromatic rings. The van der Waals surface area contributed by atoms with Crippen LogP contribution in [-0.4, -0.2) is 53.6 Å². The first-order valence-corrected chi connectivity index (χ1v) is 8.76. The number of anilines is 1. The van der Waals surface area contributed by atoms with E-state index in [1.807, 2.05) is 12.3 Å². The van der Waals surface area contributed by atoms with Crippen LogP contribution < -0.4 is 10.6 Å². The Morgan fingerprint density at radius 1 is 1.45 bits per heavy atom. The lowest BCUT2D eigenvalue weighted by atomic mass is 10.1. The van der Waals surface area contributed by atoms with Crippen LogP contribution in [0.5, 0.6) is 0 Å². The van der Waals surface area contributed by atoms with E-state index in [1.54, 1.807) is 0 Å². The maximum atomic E-state index is 11.8. The van der Waals surface area contributed by atoms with Gasteiger partial charge in [-0.15, -0.1) is 11.8 Å². The van der Waals surface area contributed by atoms with Crippen LogP contribution in [0.15, 0.2) is 5.03 Å². The number of carbonyl (C=O) groups is 1. The standard InChI is InChI=1S/C14H22N6OS/c1-22-13-11(10-15)12(18-19-13)17-14(21)16-6-5-9-20-7-3-2-4-8-20/h2-9H2,1H3,(H3,16,17,18,19,21). The fourth-order valence-electron chi connectivity index (χ4n) is 2.51. The number of thioether (sulfide) groups is 1. The van der Waals surface area contributed by atoms with Crippen molar-refractivity contribution in [1.82, 2.24) is 20.4 Å². The fourth-order valence-corrected chi connectivity index (χ4v) is 2.99. The number of urea groups is 1. The Labute approximate surface area is 134 Å². The Morgan fingerprint density at radius 3 is 2.91 bits per heavy atom. The molecule has 1 aliphatic rings. The second kappa shape index (κ2) is 8.66. The molecule has 0 radical (unpaired) electrons. The summed E-state index contributed by atoms with van der Waals surface area (Å²) in [5, 5.41) is 21.8. The highest BCUT2D eigenvalue weighted by Crippen LogP contribution is 2.22. The summed E-state index contributed by atoms with van der Waals surface area (Å²) < 4.78 is 0. The summed E-state index contributed by atoms with van der Waals surface area (Å²) in [6, 6.07) is 1.72. The van der Waals surface area contributed by atoms with E-state index in [4.69, 9.17) is 5.26 Å². The largest absolute Gasteiger partial charge is 0.338 e. The molecule has 7 nitrogen and oxygen atoms in total. The summed E-state index contributed by atoms with van der Waals surface area (Å²) in [6.45, 7) is 3.97. The van der Waals surface area contributed by atoms with Gasteiger partial charge in [-0.3, -0.25) is 10.4 Å². The Balaban J connectivity index is 1.69. The smallest absolute Gasteiger partial charge is 0.320 e. The van der Waals surface area contributed by atoms with Gasteiger partial charge in [0.2, 0.25) is 0 Å². The van der Waals surface area contributed by atoms with E-state index in [0.717, 1.165) is 13.0 Å². The van der Waals surface area contributed by atoms with E-state index < -0.39 is 0 Å². The van der Waals surface area contributed by atoms with E-state index >= 15 is 0 Å². The van der Waals surface area contributed by atoms with E-state index in [1.165, 1.54) is 44.1 Å². The van der Waals surface area contributed by atoms with Crippen LogP contribution in [0.1, 0.15) is 31.2 Å². The first-order valence-electron chi connectivity index (χ1n) is 7.54. The molecule has 0 unspecified atom stereocenters. The molecule has 8 heteroatoms. The molecular formula is C14H22N6OS. The average Bonchev–Trinajstić information content (AvgIpc) is 2.94. The maximum absolute atomic E-state index is 11.8. The SMILES string of the molecule is CSc1[nH]nc(NC(=O)NCCCN2CCCCC2)c1C#N. The Kier molecular flexibility index (Phi) is 6.55. The molecule has 1 aromatic heterocycles. The Bertz CT molecular complexity index is 532. The zero-order valence-electron chi connectivity index (χ0n) is 12.8. The number of nitrogens with one attached hydrogen (secondary N) is 3. The molecule has 0 aliphatic carbocycles. The first-order chi connectivity index (χ1) is 10.7. The second-order valence-corrected chi connectivity index (χ2v) is 6.05. The molecule has 0 bridgehead atoms. The normalized spacial score (nSPS) is 15.3. The van der Waals surface area contributed by atoms with Gasteiger partial charge < -0.3 is 10.2 Å². The molecule has 0 aromatic carbocycles. The number of hydrogen-bond acceptors (Lipinski definition) is 5. The third-order valence-corrected chi connectivity index (χ3v) is 4.37. The number of nitriles is 1. The first kappa shape index (κ1) is 16.6. The van der Waals surface area contributed by atoms with Crippen molar-refractivity contribution in [3.63, 3.8) is 0 Å². The van der Waals surface area contributed by atoms with Gasteiger partial charge in [0, 0.05) is 6.54 Å². The number of hydrogen-bond donors (Lipinski definition) is 3. The van der Waals surface area contributed by atoms with Crippen molar-refractivity contribution in [2.45, 2.75) is 30.7 Å². The molecule has 0 atom stereocenters. The predicted octanol–water partition coefficient (Wildman–Crippen LogP) is 2.00. The zero-order valence-corrected chi connectivity index (χ0v) is 13.6. The van der Waals surface area contributed by atoms with Gasteiger partial charge in [-0.1, -0.05) is 6.42 Å². The zero-order chi connectivity index (χ0) is 15.8. The number of aromatic amines is 1. The van der Waals surface area contributed by atoms with Crippen LogP contribution in [-0.2, 0) is 0 Å². The fraction of sp³-hybridized carbons (Fsp3) is 0.643. The van der Waals surface area contributed by atoms with Gasteiger partial charge in [-0.05, 0) is 45.2 Å². The number of piperidine rings is 1. The number of rotatable bonds is 6. The van der Waals surface area contributed by atoms with Crippen LogP contribution in [0.4, 0.5) is 10.6 Å². The van der Waals surface area contributed by atoms with E-state index in [2.05, 4.69) is 25.7 Å². The quantitative estimate of drug-likeness (QED) is 0.550. The maximum Gasteiger partial charge on any atom is 0.320 e. The number of amides is 2. The lowest BCUT2D eigenvalue weighted by Crippen LogP contribution is -2.34. The second-order valence-electron chi connectivity index (χ2n) is 5.23.